The summed E-state index contributed by atoms with van der Waals surface area (Å²) in [5.74, 6) is 1.95. The largest absolute Gasteiger partial charge is 0.462 e. The average Bonchev–Trinajstić information content (AvgIpc) is 3.25. The molecule has 182 valence electrons. The summed E-state index contributed by atoms with van der Waals surface area (Å²) in [5.41, 5.74) is -0.0734. The lowest BCUT2D eigenvalue weighted by molar-refractivity contribution is -0.160. The fourth-order valence-corrected chi connectivity index (χ4v) is 7.90. The van der Waals surface area contributed by atoms with E-state index in [2.05, 4.69) is 0 Å². The minimum Gasteiger partial charge on any atom is -0.462 e. The van der Waals surface area contributed by atoms with Crippen molar-refractivity contribution in [3.63, 3.8) is 0 Å². The second-order valence-corrected chi connectivity index (χ2v) is 11.9. The average molecular weight is 464 g/mol. The molecule has 5 nitrogen and oxygen atoms in total. The molecule has 1 aliphatic heterocycles. The van der Waals surface area contributed by atoms with Gasteiger partial charge < -0.3 is 9.47 Å². The molecule has 1 heterocycles. The number of hydrogen-bond donors (Lipinski definition) is 0. The van der Waals surface area contributed by atoms with E-state index in [1.807, 2.05) is 36.4 Å². The Balaban J connectivity index is 1.17. The van der Waals surface area contributed by atoms with Gasteiger partial charge in [0.05, 0.1) is 0 Å². The summed E-state index contributed by atoms with van der Waals surface area (Å²) >= 11 is 0. The van der Waals surface area contributed by atoms with Gasteiger partial charge in [-0.15, -0.1) is 0 Å². The highest BCUT2D eigenvalue weighted by atomic mass is 16.6. The normalized spacial score (nSPS) is 36.6. The van der Waals surface area contributed by atoms with Crippen molar-refractivity contribution in [3.8, 4) is 0 Å². The minimum atomic E-state index is -0.862. The number of benzene rings is 1. The second-order valence-electron chi connectivity index (χ2n) is 11.9. The smallest absolute Gasteiger partial charge is 0.414 e. The van der Waals surface area contributed by atoms with Crippen molar-refractivity contribution in [1.82, 2.24) is 4.90 Å². The molecule has 34 heavy (non-hydrogen) atoms. The third-order valence-electron chi connectivity index (χ3n) is 9.14. The maximum atomic E-state index is 13.6. The number of carbonyl (C=O) groups is 2. The molecular formula is C29H37NO4. The third-order valence-corrected chi connectivity index (χ3v) is 9.14. The quantitative estimate of drug-likeness (QED) is 0.501. The maximum Gasteiger partial charge on any atom is 0.414 e. The number of amides is 1. The third kappa shape index (κ3) is 4.27. The van der Waals surface area contributed by atoms with Crippen LogP contribution >= 0.6 is 0 Å². The van der Waals surface area contributed by atoms with Crippen molar-refractivity contribution in [2.75, 3.05) is 6.54 Å². The Hall–Kier alpha value is -2.30. The van der Waals surface area contributed by atoms with Gasteiger partial charge in [-0.05, 0) is 100 Å². The second kappa shape index (κ2) is 8.73. The first-order valence-electron chi connectivity index (χ1n) is 13.4. The Morgan fingerprint density at radius 1 is 0.912 bits per heavy atom. The first kappa shape index (κ1) is 22.2. The molecule has 0 spiro atoms. The van der Waals surface area contributed by atoms with E-state index in [-0.39, 0.29) is 23.8 Å². The zero-order valence-electron chi connectivity index (χ0n) is 20.1. The van der Waals surface area contributed by atoms with E-state index in [1.165, 1.54) is 25.7 Å². The van der Waals surface area contributed by atoms with Crippen molar-refractivity contribution in [1.29, 1.82) is 0 Å². The molecule has 5 fully saturated rings. The number of hydrogen-bond acceptors (Lipinski definition) is 4. The summed E-state index contributed by atoms with van der Waals surface area (Å²) in [4.78, 5) is 28.6. The van der Waals surface area contributed by atoms with Gasteiger partial charge in [-0.1, -0.05) is 36.8 Å². The van der Waals surface area contributed by atoms with Gasteiger partial charge in [-0.2, -0.15) is 0 Å². The van der Waals surface area contributed by atoms with Gasteiger partial charge in [0.25, 0.3) is 0 Å². The van der Waals surface area contributed by atoms with Crippen LogP contribution in [0.1, 0.15) is 76.2 Å². The molecule has 0 N–H and O–H groups in total. The van der Waals surface area contributed by atoms with Crippen LogP contribution in [0.4, 0.5) is 4.79 Å². The molecule has 4 bridgehead atoms. The Bertz CT molecular complexity index is 915. The molecule has 1 amide bonds. The Labute approximate surface area is 202 Å². The summed E-state index contributed by atoms with van der Waals surface area (Å²) in [5, 5.41) is 0. The van der Waals surface area contributed by atoms with E-state index in [9.17, 15) is 9.59 Å². The molecule has 5 aliphatic carbocycles. The summed E-state index contributed by atoms with van der Waals surface area (Å²) < 4.78 is 12.3. The number of esters is 1. The lowest BCUT2D eigenvalue weighted by atomic mass is 9.54. The number of ether oxygens (including phenoxy) is 2. The lowest BCUT2D eigenvalue weighted by Crippen LogP contribution is -2.54. The summed E-state index contributed by atoms with van der Waals surface area (Å²) in [6, 6.07) is 10.1. The van der Waals surface area contributed by atoms with Crippen molar-refractivity contribution < 1.29 is 19.1 Å². The highest BCUT2D eigenvalue weighted by molar-refractivity contribution is 5.83. The van der Waals surface area contributed by atoms with Gasteiger partial charge in [-0.3, -0.25) is 9.69 Å². The van der Waals surface area contributed by atoms with Crippen LogP contribution in [0.15, 0.2) is 42.6 Å². The van der Waals surface area contributed by atoms with Crippen LogP contribution in [-0.2, 0) is 20.7 Å². The van der Waals surface area contributed by atoms with Crippen molar-refractivity contribution >= 4 is 12.1 Å². The van der Waals surface area contributed by atoms with Gasteiger partial charge in [0.1, 0.15) is 17.1 Å². The Kier molecular flexibility index (Phi) is 5.69. The first-order chi connectivity index (χ1) is 16.5. The zero-order chi connectivity index (χ0) is 23.2. The van der Waals surface area contributed by atoms with Crippen molar-refractivity contribution in [2.24, 2.45) is 23.2 Å². The molecule has 1 aromatic rings. The minimum absolute atomic E-state index is 0.00433. The number of rotatable bonds is 5. The van der Waals surface area contributed by atoms with Gasteiger partial charge in [0, 0.05) is 12.7 Å². The monoisotopic (exact) mass is 463 g/mol. The van der Waals surface area contributed by atoms with Crippen LogP contribution in [0.5, 0.6) is 0 Å². The highest BCUT2D eigenvalue weighted by Gasteiger charge is 2.54. The molecule has 0 aromatic heterocycles. The Morgan fingerprint density at radius 2 is 1.56 bits per heavy atom. The van der Waals surface area contributed by atoms with E-state index in [0.717, 1.165) is 68.3 Å². The van der Waals surface area contributed by atoms with E-state index >= 15 is 0 Å². The van der Waals surface area contributed by atoms with Gasteiger partial charge in [0.2, 0.25) is 0 Å². The van der Waals surface area contributed by atoms with E-state index in [0.29, 0.717) is 13.0 Å². The molecule has 1 atom stereocenters. The fourth-order valence-electron chi connectivity index (χ4n) is 7.90. The van der Waals surface area contributed by atoms with Crippen LogP contribution in [0.2, 0.25) is 0 Å². The summed E-state index contributed by atoms with van der Waals surface area (Å²) in [6.45, 7) is 0.290. The Morgan fingerprint density at radius 3 is 2.21 bits per heavy atom. The molecule has 6 aliphatic rings. The predicted molar refractivity (Wildman–Crippen MR) is 129 cm³/mol. The van der Waals surface area contributed by atoms with Crippen molar-refractivity contribution in [2.45, 2.75) is 88.8 Å². The van der Waals surface area contributed by atoms with E-state index < -0.39 is 5.41 Å². The van der Waals surface area contributed by atoms with Crippen LogP contribution in [0.3, 0.4) is 0 Å². The summed E-state index contributed by atoms with van der Waals surface area (Å²) in [7, 11) is 0. The van der Waals surface area contributed by atoms with Crippen molar-refractivity contribution in [3.05, 3.63) is 48.2 Å². The molecular weight excluding hydrogens is 426 g/mol. The highest BCUT2D eigenvalue weighted by Crippen LogP contribution is 2.57. The van der Waals surface area contributed by atoms with E-state index in [4.69, 9.17) is 9.47 Å². The zero-order valence-corrected chi connectivity index (χ0v) is 20.1. The first-order valence-corrected chi connectivity index (χ1v) is 13.4. The summed E-state index contributed by atoms with van der Waals surface area (Å²) in [6.07, 6.45) is 16.2. The van der Waals surface area contributed by atoms with Gasteiger partial charge in [0.15, 0.2) is 0 Å². The fraction of sp³-hybridized carbons (Fsp3) is 0.655. The van der Waals surface area contributed by atoms with Crippen LogP contribution in [0, 0.1) is 23.2 Å². The maximum absolute atomic E-state index is 13.6. The van der Waals surface area contributed by atoms with E-state index in [1.54, 1.807) is 11.1 Å². The SMILES string of the molecule is O=C(OC12CC3CC(CC(C3)C1)C2)N1C=C[C@](Cc2ccccc2)(C(=O)OC2CCCCC2)C1. The number of carbonyl (C=O) groups excluding carboxylic acids is 2. The van der Waals surface area contributed by atoms with Crippen LogP contribution in [0.25, 0.3) is 0 Å². The molecule has 0 unspecified atom stereocenters. The van der Waals surface area contributed by atoms with Gasteiger partial charge in [-0.25, -0.2) is 4.79 Å². The molecule has 0 radical (unpaired) electrons. The standard InChI is InChI=1S/C29H37NO4/c31-26(33-25-9-5-2-6-10-25)28(16-21-7-3-1-4-8-21)11-12-30(20-28)27(32)34-29-17-22-13-23(18-29)15-24(14-22)19-29/h1,3-4,7-8,11-12,22-25H,2,5-6,9-10,13-20H2/t22?,23?,24?,28-,29?/m1/s1. The molecule has 5 saturated carbocycles. The molecule has 7 rings (SSSR count). The molecule has 1 aromatic carbocycles. The predicted octanol–water partition coefficient (Wildman–Crippen LogP) is 6.03. The van der Waals surface area contributed by atoms with Crippen LogP contribution in [-0.4, -0.2) is 35.2 Å². The lowest BCUT2D eigenvalue weighted by Gasteiger charge is -2.55. The van der Waals surface area contributed by atoms with Crippen LogP contribution < -0.4 is 0 Å². The number of nitrogens with zero attached hydrogens (tertiary/aromatic N) is 1. The molecule has 5 heteroatoms. The topological polar surface area (TPSA) is 55.8 Å². The van der Waals surface area contributed by atoms with Gasteiger partial charge >= 0.3 is 12.1 Å². The molecule has 0 saturated heterocycles.